The number of hydrogen-bond acceptors (Lipinski definition) is 6. The number of fused-ring (bicyclic) bond motifs is 1. The lowest BCUT2D eigenvalue weighted by Crippen LogP contribution is -2.31. The number of amides is 2. The number of rotatable bonds is 8. The highest BCUT2D eigenvalue weighted by Gasteiger charge is 2.15. The van der Waals surface area contributed by atoms with Crippen molar-refractivity contribution in [3.8, 4) is 0 Å². The summed E-state index contributed by atoms with van der Waals surface area (Å²) in [5, 5.41) is 5.62. The monoisotopic (exact) mass is 459 g/mol. The SMILES string of the molecule is CCCn1c(=O)[nH]c(=O)c2cc(C(=O)Nc3ccc(C(=O)NCCOC)c(Cl)c3)cnc21. The molecule has 168 valence electrons. The van der Waals surface area contributed by atoms with Gasteiger partial charge in [0, 0.05) is 32.1 Å². The van der Waals surface area contributed by atoms with Gasteiger partial charge in [0.05, 0.1) is 28.1 Å². The summed E-state index contributed by atoms with van der Waals surface area (Å²) in [6, 6.07) is 5.86. The quantitative estimate of drug-likeness (QED) is 0.439. The van der Waals surface area contributed by atoms with E-state index in [1.54, 1.807) is 0 Å². The molecule has 0 fully saturated rings. The Bertz CT molecular complexity index is 1280. The van der Waals surface area contributed by atoms with Crippen LogP contribution in [0.25, 0.3) is 11.0 Å². The van der Waals surface area contributed by atoms with Crippen molar-refractivity contribution in [2.45, 2.75) is 19.9 Å². The molecule has 0 aliphatic heterocycles. The van der Waals surface area contributed by atoms with Gasteiger partial charge in [-0.25, -0.2) is 9.78 Å². The summed E-state index contributed by atoms with van der Waals surface area (Å²) in [5.74, 6) is -0.888. The van der Waals surface area contributed by atoms with Gasteiger partial charge in [0.25, 0.3) is 17.4 Å². The number of hydrogen-bond donors (Lipinski definition) is 3. The summed E-state index contributed by atoms with van der Waals surface area (Å²) in [4.78, 5) is 55.5. The maximum atomic E-state index is 12.7. The molecule has 1 aromatic carbocycles. The molecule has 0 atom stereocenters. The topological polar surface area (TPSA) is 135 Å². The second kappa shape index (κ2) is 10.2. The summed E-state index contributed by atoms with van der Waals surface area (Å²) in [6.45, 7) is 2.98. The number of ether oxygens (including phenoxy) is 1. The molecule has 0 saturated carbocycles. The fourth-order valence-electron chi connectivity index (χ4n) is 3.07. The van der Waals surface area contributed by atoms with Crippen LogP contribution in [0.15, 0.2) is 40.1 Å². The fraction of sp³-hybridized carbons (Fsp3) is 0.286. The number of aromatic nitrogens is 3. The lowest BCUT2D eigenvalue weighted by Gasteiger charge is -2.10. The molecule has 0 saturated heterocycles. The maximum Gasteiger partial charge on any atom is 0.329 e. The van der Waals surface area contributed by atoms with Gasteiger partial charge < -0.3 is 15.4 Å². The number of aromatic amines is 1. The van der Waals surface area contributed by atoms with E-state index in [1.807, 2.05) is 6.92 Å². The highest BCUT2D eigenvalue weighted by molar-refractivity contribution is 6.34. The van der Waals surface area contributed by atoms with E-state index in [9.17, 15) is 19.2 Å². The molecule has 0 spiro atoms. The summed E-state index contributed by atoms with van der Waals surface area (Å²) in [5.41, 5.74) is -0.209. The molecule has 0 aliphatic carbocycles. The van der Waals surface area contributed by atoms with Gasteiger partial charge in [-0.15, -0.1) is 0 Å². The predicted molar refractivity (Wildman–Crippen MR) is 121 cm³/mol. The number of aryl methyl sites for hydroxylation is 1. The van der Waals surface area contributed by atoms with Crippen molar-refractivity contribution in [1.82, 2.24) is 19.9 Å². The summed E-state index contributed by atoms with van der Waals surface area (Å²) >= 11 is 6.19. The van der Waals surface area contributed by atoms with E-state index < -0.39 is 17.2 Å². The van der Waals surface area contributed by atoms with Crippen LogP contribution < -0.4 is 21.9 Å². The number of nitrogens with zero attached hydrogens (tertiary/aromatic N) is 2. The van der Waals surface area contributed by atoms with Gasteiger partial charge in [-0.3, -0.25) is 23.9 Å². The van der Waals surface area contributed by atoms with E-state index in [1.165, 1.54) is 42.1 Å². The van der Waals surface area contributed by atoms with Crippen LogP contribution in [0.3, 0.4) is 0 Å². The summed E-state index contributed by atoms with van der Waals surface area (Å²) in [6.07, 6.45) is 1.97. The Morgan fingerprint density at radius 2 is 2.00 bits per heavy atom. The molecule has 3 aromatic rings. The number of carbonyl (C=O) groups excluding carboxylic acids is 2. The number of methoxy groups -OCH3 is 1. The lowest BCUT2D eigenvalue weighted by molar-refractivity contribution is 0.0936. The van der Waals surface area contributed by atoms with Crippen LogP contribution >= 0.6 is 11.6 Å². The lowest BCUT2D eigenvalue weighted by atomic mass is 10.1. The number of H-pyrrole nitrogens is 1. The number of anilines is 1. The van der Waals surface area contributed by atoms with Gasteiger partial charge in [-0.2, -0.15) is 0 Å². The third-order valence-electron chi connectivity index (χ3n) is 4.61. The van der Waals surface area contributed by atoms with E-state index in [2.05, 4.69) is 20.6 Å². The second-order valence-electron chi connectivity index (χ2n) is 6.90. The molecular formula is C21H22ClN5O5. The standard InChI is InChI=1S/C21H22ClN5O5/c1-3-7-27-17-15(20(30)26-21(27)31)9-12(11-24-17)18(28)25-13-4-5-14(16(22)10-13)19(29)23-6-8-32-2/h4-5,9-11H,3,6-8H2,1-2H3,(H,23,29)(H,25,28)(H,26,30,31). The van der Waals surface area contributed by atoms with Crippen molar-refractivity contribution >= 4 is 40.1 Å². The van der Waals surface area contributed by atoms with E-state index in [0.29, 0.717) is 31.8 Å². The minimum absolute atomic E-state index is 0.127. The van der Waals surface area contributed by atoms with Crippen molar-refractivity contribution in [3.63, 3.8) is 0 Å². The molecular weight excluding hydrogens is 438 g/mol. The third-order valence-corrected chi connectivity index (χ3v) is 4.92. The van der Waals surface area contributed by atoms with Crippen LogP contribution in [-0.4, -0.2) is 46.6 Å². The predicted octanol–water partition coefficient (Wildman–Crippen LogP) is 1.78. The van der Waals surface area contributed by atoms with Gasteiger partial charge >= 0.3 is 5.69 Å². The van der Waals surface area contributed by atoms with Crippen molar-refractivity contribution in [2.24, 2.45) is 0 Å². The zero-order valence-corrected chi connectivity index (χ0v) is 18.3. The van der Waals surface area contributed by atoms with Crippen LogP contribution in [0.1, 0.15) is 34.1 Å². The summed E-state index contributed by atoms with van der Waals surface area (Å²) in [7, 11) is 1.53. The summed E-state index contributed by atoms with van der Waals surface area (Å²) < 4.78 is 6.24. The van der Waals surface area contributed by atoms with Crippen molar-refractivity contribution in [3.05, 3.63) is 67.4 Å². The number of halogens is 1. The van der Waals surface area contributed by atoms with Crippen molar-refractivity contribution in [2.75, 3.05) is 25.6 Å². The van der Waals surface area contributed by atoms with E-state index in [4.69, 9.17) is 16.3 Å². The van der Waals surface area contributed by atoms with Gasteiger partial charge in [-0.1, -0.05) is 18.5 Å². The van der Waals surface area contributed by atoms with Gasteiger partial charge in [-0.05, 0) is 30.7 Å². The average molecular weight is 460 g/mol. The first kappa shape index (κ1) is 23.2. The van der Waals surface area contributed by atoms with Crippen LogP contribution in [0, 0.1) is 0 Å². The Morgan fingerprint density at radius 1 is 1.22 bits per heavy atom. The Morgan fingerprint density at radius 3 is 2.69 bits per heavy atom. The maximum absolute atomic E-state index is 12.7. The molecule has 2 aromatic heterocycles. The number of benzene rings is 1. The van der Waals surface area contributed by atoms with Gasteiger partial charge in [0.15, 0.2) is 0 Å². The third kappa shape index (κ3) is 5.04. The van der Waals surface area contributed by atoms with Crippen molar-refractivity contribution < 1.29 is 14.3 Å². The molecule has 10 nitrogen and oxygen atoms in total. The number of nitrogens with one attached hydrogen (secondary N) is 3. The van der Waals surface area contributed by atoms with Crippen LogP contribution in [-0.2, 0) is 11.3 Å². The smallest absolute Gasteiger partial charge is 0.329 e. The number of carbonyl (C=O) groups is 2. The zero-order chi connectivity index (χ0) is 23.3. The first-order chi connectivity index (χ1) is 15.3. The Hall–Kier alpha value is -3.50. The van der Waals surface area contributed by atoms with Crippen LogP contribution in [0.4, 0.5) is 5.69 Å². The molecule has 0 radical (unpaired) electrons. The molecule has 11 heteroatoms. The van der Waals surface area contributed by atoms with Gasteiger partial charge in [0.1, 0.15) is 5.65 Å². The highest BCUT2D eigenvalue weighted by atomic mass is 35.5. The molecule has 0 aliphatic rings. The van der Waals surface area contributed by atoms with Crippen LogP contribution in [0.5, 0.6) is 0 Å². The first-order valence-corrected chi connectivity index (χ1v) is 10.2. The van der Waals surface area contributed by atoms with E-state index in [0.717, 1.165) is 0 Å². The molecule has 3 rings (SSSR count). The Labute approximate surface area is 187 Å². The van der Waals surface area contributed by atoms with E-state index in [-0.39, 0.29) is 33.1 Å². The average Bonchev–Trinajstić information content (AvgIpc) is 2.76. The Balaban J connectivity index is 1.83. The minimum Gasteiger partial charge on any atom is -0.383 e. The van der Waals surface area contributed by atoms with Crippen LogP contribution in [0.2, 0.25) is 5.02 Å². The fourth-order valence-corrected chi connectivity index (χ4v) is 3.33. The molecule has 2 heterocycles. The Kier molecular flexibility index (Phi) is 7.39. The van der Waals surface area contributed by atoms with Crippen molar-refractivity contribution in [1.29, 1.82) is 0 Å². The highest BCUT2D eigenvalue weighted by Crippen LogP contribution is 2.22. The zero-order valence-electron chi connectivity index (χ0n) is 17.5. The second-order valence-corrected chi connectivity index (χ2v) is 7.31. The molecule has 2 amide bonds. The van der Waals surface area contributed by atoms with Gasteiger partial charge in [0.2, 0.25) is 0 Å². The molecule has 0 unspecified atom stereocenters. The molecule has 0 bridgehead atoms. The minimum atomic E-state index is -0.619. The number of pyridine rings is 1. The normalized spacial score (nSPS) is 10.8. The molecule has 32 heavy (non-hydrogen) atoms. The van der Waals surface area contributed by atoms with E-state index >= 15 is 0 Å². The molecule has 3 N–H and O–H groups in total. The first-order valence-electron chi connectivity index (χ1n) is 9.86. The largest absolute Gasteiger partial charge is 0.383 e.